The Morgan fingerprint density at radius 1 is 1.17 bits per heavy atom. The number of alkyl halides is 2. The third kappa shape index (κ3) is 4.50. The van der Waals surface area contributed by atoms with E-state index >= 15 is 0 Å². The molecule has 1 heterocycles. The lowest BCUT2D eigenvalue weighted by atomic mass is 10.2. The van der Waals surface area contributed by atoms with E-state index in [9.17, 15) is 22.0 Å². The first-order valence-corrected chi connectivity index (χ1v) is 10.7. The molecule has 1 atom stereocenters. The minimum Gasteiger partial charge on any atom is -0.493 e. The van der Waals surface area contributed by atoms with Crippen LogP contribution in [-0.4, -0.2) is 39.8 Å². The van der Waals surface area contributed by atoms with E-state index in [4.69, 9.17) is 4.74 Å². The number of hydrogen-bond acceptors (Lipinski definition) is 5. The quantitative estimate of drug-likeness (QED) is 0.681. The minimum atomic E-state index is -3.85. The van der Waals surface area contributed by atoms with Gasteiger partial charge in [-0.15, -0.1) is 0 Å². The molecule has 0 bridgehead atoms. The van der Waals surface area contributed by atoms with Crippen LogP contribution in [0.4, 0.5) is 14.5 Å². The highest BCUT2D eigenvalue weighted by atomic mass is 32.2. The van der Waals surface area contributed by atoms with Crippen molar-refractivity contribution in [2.45, 2.75) is 31.0 Å². The van der Waals surface area contributed by atoms with Gasteiger partial charge in [0, 0.05) is 12.2 Å². The van der Waals surface area contributed by atoms with Gasteiger partial charge in [0.15, 0.2) is 21.3 Å². The van der Waals surface area contributed by atoms with E-state index in [0.717, 1.165) is 11.3 Å². The number of ether oxygens (including phenoxy) is 2. The zero-order valence-electron chi connectivity index (χ0n) is 16.0. The maximum absolute atomic E-state index is 12.9. The number of nitrogens with zero attached hydrogens (tertiary/aromatic N) is 1. The summed E-state index contributed by atoms with van der Waals surface area (Å²) < 4.78 is 59.9. The fraction of sp³-hybridized carbons (Fsp3) is 0.350. The Morgan fingerprint density at radius 2 is 1.90 bits per heavy atom. The van der Waals surface area contributed by atoms with Gasteiger partial charge in [0.2, 0.25) is 5.91 Å². The molecule has 1 aliphatic heterocycles. The van der Waals surface area contributed by atoms with Gasteiger partial charge < -0.3 is 14.4 Å². The molecular weight excluding hydrogens is 404 g/mol. The zero-order valence-corrected chi connectivity index (χ0v) is 16.8. The van der Waals surface area contributed by atoms with Gasteiger partial charge in [-0.05, 0) is 42.7 Å². The normalized spacial score (nSPS) is 14.6. The Labute approximate surface area is 168 Å². The number of fused-ring (bicyclic) bond motifs is 1. The summed E-state index contributed by atoms with van der Waals surface area (Å²) in [5.41, 5.74) is 2.05. The fourth-order valence-corrected chi connectivity index (χ4v) is 4.62. The SMILES string of the molecule is COc1cc(CS(=O)(=O)[C@@H](C)C(=O)N2CCc3ccccc32)ccc1OC(F)F. The van der Waals surface area contributed by atoms with Gasteiger partial charge >= 0.3 is 6.61 Å². The van der Waals surface area contributed by atoms with E-state index in [1.807, 2.05) is 12.1 Å². The van der Waals surface area contributed by atoms with Crippen LogP contribution in [0.25, 0.3) is 0 Å². The van der Waals surface area contributed by atoms with Gasteiger partial charge in [0.1, 0.15) is 5.25 Å². The lowest BCUT2D eigenvalue weighted by molar-refractivity contribution is -0.117. The number of para-hydroxylation sites is 1. The van der Waals surface area contributed by atoms with Crippen molar-refractivity contribution in [2.75, 3.05) is 18.6 Å². The van der Waals surface area contributed by atoms with Crippen molar-refractivity contribution in [2.24, 2.45) is 0 Å². The van der Waals surface area contributed by atoms with Gasteiger partial charge in [0.05, 0.1) is 12.9 Å². The number of hydrogen-bond donors (Lipinski definition) is 0. The summed E-state index contributed by atoms with van der Waals surface area (Å²) in [5.74, 6) is -1.12. The Kier molecular flexibility index (Phi) is 6.07. The highest BCUT2D eigenvalue weighted by Crippen LogP contribution is 2.32. The lowest BCUT2D eigenvalue weighted by Gasteiger charge is -2.22. The Morgan fingerprint density at radius 3 is 2.59 bits per heavy atom. The highest BCUT2D eigenvalue weighted by Gasteiger charge is 2.35. The van der Waals surface area contributed by atoms with Crippen LogP contribution in [0.15, 0.2) is 42.5 Å². The standard InChI is InChI=1S/C20H21F2NO5S/c1-13(19(24)23-10-9-15-5-3-4-6-16(15)23)29(25,26)12-14-7-8-17(28-20(21)22)18(11-14)27-2/h3-8,11,13,20H,9-10,12H2,1-2H3/t13-/m0/s1. The molecule has 0 unspecified atom stereocenters. The molecule has 0 saturated heterocycles. The largest absolute Gasteiger partial charge is 0.493 e. The molecule has 2 aromatic rings. The number of carbonyl (C=O) groups excluding carboxylic acids is 1. The molecule has 6 nitrogen and oxygen atoms in total. The molecule has 29 heavy (non-hydrogen) atoms. The number of carbonyl (C=O) groups is 1. The number of amides is 1. The van der Waals surface area contributed by atoms with Crippen molar-refractivity contribution < 1.29 is 31.5 Å². The second-order valence-corrected chi connectivity index (χ2v) is 9.00. The second-order valence-electron chi connectivity index (χ2n) is 6.68. The molecule has 1 amide bonds. The first-order valence-electron chi connectivity index (χ1n) is 8.95. The molecule has 0 fully saturated rings. The monoisotopic (exact) mass is 425 g/mol. The first-order chi connectivity index (χ1) is 13.7. The number of rotatable bonds is 7. The number of anilines is 1. The molecule has 156 valence electrons. The van der Waals surface area contributed by atoms with E-state index < -0.39 is 33.4 Å². The molecule has 9 heteroatoms. The number of benzene rings is 2. The van der Waals surface area contributed by atoms with E-state index in [-0.39, 0.29) is 11.5 Å². The third-order valence-corrected chi connectivity index (χ3v) is 6.87. The first kappa shape index (κ1) is 21.0. The highest BCUT2D eigenvalue weighted by molar-refractivity contribution is 7.92. The average Bonchev–Trinajstić information content (AvgIpc) is 3.11. The summed E-state index contributed by atoms with van der Waals surface area (Å²) in [7, 11) is -2.58. The van der Waals surface area contributed by atoms with E-state index in [2.05, 4.69) is 4.74 Å². The van der Waals surface area contributed by atoms with Gasteiger partial charge in [-0.1, -0.05) is 24.3 Å². The Balaban J connectivity index is 1.78. The summed E-state index contributed by atoms with van der Waals surface area (Å²) in [6.45, 7) is -1.23. The number of halogens is 2. The van der Waals surface area contributed by atoms with E-state index in [1.54, 1.807) is 12.1 Å². The molecule has 0 N–H and O–H groups in total. The van der Waals surface area contributed by atoms with Gasteiger partial charge in [-0.3, -0.25) is 4.79 Å². The van der Waals surface area contributed by atoms with Crippen LogP contribution in [0, 0.1) is 0 Å². The van der Waals surface area contributed by atoms with Crippen molar-refractivity contribution in [3.05, 3.63) is 53.6 Å². The number of methoxy groups -OCH3 is 1. The van der Waals surface area contributed by atoms with Crippen molar-refractivity contribution in [1.29, 1.82) is 0 Å². The van der Waals surface area contributed by atoms with Crippen molar-refractivity contribution >= 4 is 21.4 Å². The summed E-state index contributed by atoms with van der Waals surface area (Å²) in [6, 6.07) is 11.3. The molecule has 1 aliphatic rings. The maximum Gasteiger partial charge on any atom is 0.387 e. The molecule has 0 saturated carbocycles. The van der Waals surface area contributed by atoms with Gasteiger partial charge in [-0.25, -0.2) is 8.42 Å². The van der Waals surface area contributed by atoms with Crippen molar-refractivity contribution in [3.8, 4) is 11.5 Å². The van der Waals surface area contributed by atoms with Gasteiger partial charge in [-0.2, -0.15) is 8.78 Å². The molecule has 0 aromatic heterocycles. The van der Waals surface area contributed by atoms with Crippen LogP contribution in [0.2, 0.25) is 0 Å². The van der Waals surface area contributed by atoms with Crippen LogP contribution in [0.3, 0.4) is 0 Å². The van der Waals surface area contributed by atoms with Crippen LogP contribution < -0.4 is 14.4 Å². The van der Waals surface area contributed by atoms with Crippen molar-refractivity contribution in [3.63, 3.8) is 0 Å². The summed E-state index contributed by atoms with van der Waals surface area (Å²) in [6.07, 6.45) is 0.678. The molecule has 2 aromatic carbocycles. The minimum absolute atomic E-state index is 0.00884. The molecular formula is C20H21F2NO5S. The predicted octanol–water partition coefficient (Wildman–Crippen LogP) is 3.19. The Hall–Kier alpha value is -2.68. The topological polar surface area (TPSA) is 72.9 Å². The molecule has 0 aliphatic carbocycles. The lowest BCUT2D eigenvalue weighted by Crippen LogP contribution is -2.41. The predicted molar refractivity (Wildman–Crippen MR) is 104 cm³/mol. The average molecular weight is 425 g/mol. The van der Waals surface area contributed by atoms with Crippen LogP contribution in [0.5, 0.6) is 11.5 Å². The van der Waals surface area contributed by atoms with E-state index in [0.29, 0.717) is 18.5 Å². The van der Waals surface area contributed by atoms with Crippen molar-refractivity contribution in [1.82, 2.24) is 0 Å². The molecule has 0 radical (unpaired) electrons. The summed E-state index contributed by atoms with van der Waals surface area (Å²) >= 11 is 0. The zero-order chi connectivity index (χ0) is 21.2. The Bertz CT molecular complexity index is 1010. The molecule has 0 spiro atoms. The van der Waals surface area contributed by atoms with Gasteiger partial charge in [0.25, 0.3) is 0 Å². The summed E-state index contributed by atoms with van der Waals surface area (Å²) in [4.78, 5) is 14.4. The summed E-state index contributed by atoms with van der Waals surface area (Å²) in [5, 5.41) is -1.25. The maximum atomic E-state index is 12.9. The van der Waals surface area contributed by atoms with E-state index in [1.165, 1.54) is 37.1 Å². The smallest absolute Gasteiger partial charge is 0.387 e. The number of sulfone groups is 1. The fourth-order valence-electron chi connectivity index (χ4n) is 3.29. The van der Waals surface area contributed by atoms with Crippen LogP contribution >= 0.6 is 0 Å². The third-order valence-electron chi connectivity index (χ3n) is 4.85. The van der Waals surface area contributed by atoms with Crippen LogP contribution in [-0.2, 0) is 26.8 Å². The molecule has 3 rings (SSSR count). The second kappa shape index (κ2) is 8.36. The van der Waals surface area contributed by atoms with Crippen LogP contribution in [0.1, 0.15) is 18.1 Å².